The highest BCUT2D eigenvalue weighted by molar-refractivity contribution is 5.26. The van der Waals surface area contributed by atoms with E-state index in [1.165, 1.54) is 12.1 Å². The average molecular weight is 261 g/mol. The average Bonchev–Trinajstić information content (AvgIpc) is 2.27. The van der Waals surface area contributed by atoms with E-state index < -0.39 is 11.7 Å². The van der Waals surface area contributed by atoms with Gasteiger partial charge >= 0.3 is 6.18 Å². The number of halogens is 3. The lowest BCUT2D eigenvalue weighted by Crippen LogP contribution is -2.22. The van der Waals surface area contributed by atoms with E-state index in [1.54, 1.807) is 7.05 Å². The van der Waals surface area contributed by atoms with Gasteiger partial charge in [-0.05, 0) is 38.6 Å². The topological polar surface area (TPSA) is 21.3 Å². The Balaban J connectivity index is 2.86. The predicted molar refractivity (Wildman–Crippen MR) is 64.3 cm³/mol. The number of likely N-dealkylation sites (N-methyl/N-ethyl adjacent to an activating group) is 1. The minimum Gasteiger partial charge on any atom is -0.370 e. The molecule has 0 radical (unpaired) electrons. The van der Waals surface area contributed by atoms with Gasteiger partial charge < -0.3 is 10.1 Å². The lowest BCUT2D eigenvalue weighted by molar-refractivity contribution is -0.137. The van der Waals surface area contributed by atoms with E-state index in [4.69, 9.17) is 4.74 Å². The van der Waals surface area contributed by atoms with Gasteiger partial charge in [-0.1, -0.05) is 12.1 Å². The van der Waals surface area contributed by atoms with E-state index >= 15 is 0 Å². The molecule has 1 aromatic carbocycles. The largest absolute Gasteiger partial charge is 0.416 e. The molecule has 0 aliphatic heterocycles. The Morgan fingerprint density at radius 1 is 1.17 bits per heavy atom. The highest BCUT2D eigenvalue weighted by Gasteiger charge is 2.30. The summed E-state index contributed by atoms with van der Waals surface area (Å²) in [6.45, 7) is 4.35. The molecule has 0 unspecified atom stereocenters. The first-order valence-electron chi connectivity index (χ1n) is 5.81. The van der Waals surface area contributed by atoms with Gasteiger partial charge in [0, 0.05) is 6.54 Å². The maximum atomic E-state index is 12.4. The molecule has 0 fully saturated rings. The third-order valence-corrected chi connectivity index (χ3v) is 2.44. The first-order chi connectivity index (χ1) is 8.34. The highest BCUT2D eigenvalue weighted by atomic mass is 19.4. The molecule has 0 saturated heterocycles. The number of ether oxygens (including phenoxy) is 1. The summed E-state index contributed by atoms with van der Waals surface area (Å²) in [5.41, 5.74) is 0.102. The zero-order chi connectivity index (χ0) is 13.8. The van der Waals surface area contributed by atoms with Crippen LogP contribution in [0.5, 0.6) is 0 Å². The van der Waals surface area contributed by atoms with Crippen LogP contribution in [0, 0.1) is 0 Å². The van der Waals surface area contributed by atoms with Gasteiger partial charge in [0.25, 0.3) is 0 Å². The maximum Gasteiger partial charge on any atom is 0.416 e. The van der Waals surface area contributed by atoms with Crippen molar-refractivity contribution in [2.24, 2.45) is 0 Å². The number of hydrogen-bond acceptors (Lipinski definition) is 2. The Morgan fingerprint density at radius 2 is 1.72 bits per heavy atom. The second-order valence-electron chi connectivity index (χ2n) is 4.35. The molecule has 0 aliphatic rings. The van der Waals surface area contributed by atoms with E-state index in [0.717, 1.165) is 17.7 Å². The van der Waals surface area contributed by atoms with Gasteiger partial charge in [0.1, 0.15) is 0 Å². The van der Waals surface area contributed by atoms with Crippen molar-refractivity contribution in [3.63, 3.8) is 0 Å². The molecule has 5 heteroatoms. The summed E-state index contributed by atoms with van der Waals surface area (Å²) in [4.78, 5) is 0. The second kappa shape index (κ2) is 6.20. The molecule has 0 bridgehead atoms. The predicted octanol–water partition coefficient (Wildman–Crippen LogP) is 3.39. The third kappa shape index (κ3) is 4.31. The normalized spacial score (nSPS) is 13.9. The Bertz CT molecular complexity index is 359. The summed E-state index contributed by atoms with van der Waals surface area (Å²) >= 11 is 0. The van der Waals surface area contributed by atoms with Crippen LogP contribution in [-0.4, -0.2) is 19.7 Å². The Hall–Kier alpha value is -1.07. The summed E-state index contributed by atoms with van der Waals surface area (Å²) in [5, 5.41) is 2.97. The van der Waals surface area contributed by atoms with Crippen molar-refractivity contribution in [1.82, 2.24) is 5.32 Å². The van der Waals surface area contributed by atoms with Crippen LogP contribution in [0.2, 0.25) is 0 Å². The molecule has 18 heavy (non-hydrogen) atoms. The summed E-state index contributed by atoms with van der Waals surface area (Å²) in [5.74, 6) is 0. The summed E-state index contributed by atoms with van der Waals surface area (Å²) < 4.78 is 43.0. The Kier molecular flexibility index (Phi) is 5.16. The van der Waals surface area contributed by atoms with Crippen LogP contribution in [0.15, 0.2) is 24.3 Å². The zero-order valence-electron chi connectivity index (χ0n) is 10.7. The standard InChI is InChI=1S/C13H18F3NO/c1-9(2)18-12(8-17-3)10-4-6-11(7-5-10)13(14,15)16/h4-7,9,12,17H,8H2,1-3H3/t12-/m0/s1. The molecule has 0 amide bonds. The third-order valence-electron chi connectivity index (χ3n) is 2.44. The van der Waals surface area contributed by atoms with Crippen molar-refractivity contribution >= 4 is 0 Å². The molecule has 0 aromatic heterocycles. The number of alkyl halides is 3. The molecule has 0 saturated carbocycles. The molecule has 2 nitrogen and oxygen atoms in total. The molecule has 0 spiro atoms. The summed E-state index contributed by atoms with van der Waals surface area (Å²) in [7, 11) is 1.78. The van der Waals surface area contributed by atoms with Gasteiger partial charge in [0.05, 0.1) is 17.8 Å². The molecule has 102 valence electrons. The van der Waals surface area contributed by atoms with Gasteiger partial charge in [0.15, 0.2) is 0 Å². The van der Waals surface area contributed by atoms with E-state index in [0.29, 0.717) is 6.54 Å². The fraction of sp³-hybridized carbons (Fsp3) is 0.538. The van der Waals surface area contributed by atoms with Crippen LogP contribution in [0.1, 0.15) is 31.1 Å². The van der Waals surface area contributed by atoms with Crippen molar-refractivity contribution in [3.05, 3.63) is 35.4 Å². The van der Waals surface area contributed by atoms with E-state index in [1.807, 2.05) is 13.8 Å². The van der Waals surface area contributed by atoms with Gasteiger partial charge in [0.2, 0.25) is 0 Å². The Labute approximate surface area is 105 Å². The highest BCUT2D eigenvalue weighted by Crippen LogP contribution is 2.30. The second-order valence-corrected chi connectivity index (χ2v) is 4.35. The van der Waals surface area contributed by atoms with Crippen LogP contribution in [0.3, 0.4) is 0 Å². The first-order valence-corrected chi connectivity index (χ1v) is 5.81. The minimum absolute atomic E-state index is 0.0191. The van der Waals surface area contributed by atoms with Crippen molar-refractivity contribution in [1.29, 1.82) is 0 Å². The zero-order valence-corrected chi connectivity index (χ0v) is 10.7. The molecule has 1 rings (SSSR count). The van der Waals surface area contributed by atoms with Crippen LogP contribution in [-0.2, 0) is 10.9 Å². The molecule has 1 N–H and O–H groups in total. The van der Waals surface area contributed by atoms with Crippen molar-refractivity contribution in [2.45, 2.75) is 32.2 Å². The lowest BCUT2D eigenvalue weighted by atomic mass is 10.1. The summed E-state index contributed by atoms with van der Waals surface area (Å²) in [6.07, 6.45) is -4.52. The number of benzene rings is 1. The van der Waals surface area contributed by atoms with Crippen molar-refractivity contribution in [2.75, 3.05) is 13.6 Å². The van der Waals surface area contributed by atoms with Gasteiger partial charge in [-0.15, -0.1) is 0 Å². The number of hydrogen-bond donors (Lipinski definition) is 1. The lowest BCUT2D eigenvalue weighted by Gasteiger charge is -2.21. The molecule has 0 aliphatic carbocycles. The van der Waals surface area contributed by atoms with Crippen LogP contribution in [0.25, 0.3) is 0 Å². The monoisotopic (exact) mass is 261 g/mol. The van der Waals surface area contributed by atoms with E-state index in [9.17, 15) is 13.2 Å². The number of nitrogens with one attached hydrogen (secondary N) is 1. The fourth-order valence-electron chi connectivity index (χ4n) is 1.65. The molecular formula is C13H18F3NO. The van der Waals surface area contributed by atoms with E-state index in [2.05, 4.69) is 5.32 Å². The molecular weight excluding hydrogens is 243 g/mol. The quantitative estimate of drug-likeness (QED) is 0.877. The molecule has 1 atom stereocenters. The van der Waals surface area contributed by atoms with Crippen LogP contribution >= 0.6 is 0 Å². The SMILES string of the molecule is CNC[C@H](OC(C)C)c1ccc(C(F)(F)F)cc1. The summed E-state index contributed by atoms with van der Waals surface area (Å²) in [6, 6.07) is 5.10. The van der Waals surface area contributed by atoms with Crippen molar-refractivity contribution in [3.8, 4) is 0 Å². The van der Waals surface area contributed by atoms with Gasteiger partial charge in [-0.2, -0.15) is 13.2 Å². The van der Waals surface area contributed by atoms with Gasteiger partial charge in [-0.3, -0.25) is 0 Å². The number of rotatable bonds is 5. The van der Waals surface area contributed by atoms with Gasteiger partial charge in [-0.25, -0.2) is 0 Å². The fourth-order valence-corrected chi connectivity index (χ4v) is 1.65. The van der Waals surface area contributed by atoms with Crippen LogP contribution < -0.4 is 5.32 Å². The minimum atomic E-state index is -4.30. The smallest absolute Gasteiger partial charge is 0.370 e. The first kappa shape index (κ1) is 15.0. The van der Waals surface area contributed by atoms with E-state index in [-0.39, 0.29) is 12.2 Å². The van der Waals surface area contributed by atoms with Crippen LogP contribution in [0.4, 0.5) is 13.2 Å². The molecule has 1 aromatic rings. The maximum absolute atomic E-state index is 12.4. The Morgan fingerprint density at radius 3 is 2.11 bits per heavy atom. The molecule has 0 heterocycles. The van der Waals surface area contributed by atoms with Crippen molar-refractivity contribution < 1.29 is 17.9 Å².